The Hall–Kier alpha value is -3.89. The number of rotatable bonds is 7. The van der Waals surface area contributed by atoms with E-state index in [4.69, 9.17) is 5.11 Å². The second-order valence-corrected chi connectivity index (χ2v) is 6.09. The van der Waals surface area contributed by atoms with E-state index in [9.17, 15) is 18.0 Å². The lowest BCUT2D eigenvalue weighted by Gasteiger charge is -2.14. The van der Waals surface area contributed by atoms with Crippen LogP contribution in [0.2, 0.25) is 0 Å². The molecular formula is C19H16F3N5O3. The highest BCUT2D eigenvalue weighted by Gasteiger charge is 2.31. The summed E-state index contributed by atoms with van der Waals surface area (Å²) >= 11 is 0. The highest BCUT2D eigenvalue weighted by Crippen LogP contribution is 2.29. The number of nitrogens with zero attached hydrogens (tertiary/aromatic N) is 3. The molecule has 0 saturated carbocycles. The van der Waals surface area contributed by atoms with Gasteiger partial charge in [0.1, 0.15) is 18.1 Å². The Kier molecular flexibility index (Phi) is 6.00. The molecule has 0 unspecified atom stereocenters. The molecular weight excluding hydrogens is 403 g/mol. The molecule has 1 aromatic carbocycles. The number of aliphatic carboxylic acids is 1. The third kappa shape index (κ3) is 5.80. The van der Waals surface area contributed by atoms with Crippen LogP contribution in [0.4, 0.5) is 30.6 Å². The summed E-state index contributed by atoms with van der Waals surface area (Å²) in [4.78, 5) is 23.3. The zero-order chi connectivity index (χ0) is 21.7. The van der Waals surface area contributed by atoms with Crippen molar-refractivity contribution in [2.45, 2.75) is 13.3 Å². The fourth-order valence-corrected chi connectivity index (χ4v) is 2.53. The zero-order valence-corrected chi connectivity index (χ0v) is 15.6. The van der Waals surface area contributed by atoms with Crippen molar-refractivity contribution in [3.8, 4) is 17.0 Å². The van der Waals surface area contributed by atoms with E-state index in [1.165, 1.54) is 18.2 Å². The van der Waals surface area contributed by atoms with Crippen LogP contribution in [0.3, 0.4) is 0 Å². The van der Waals surface area contributed by atoms with Gasteiger partial charge in [-0.15, -0.1) is 13.2 Å². The summed E-state index contributed by atoms with van der Waals surface area (Å²) in [5, 5.41) is 14.5. The molecule has 0 atom stereocenters. The van der Waals surface area contributed by atoms with Gasteiger partial charge in [-0.2, -0.15) is 4.98 Å². The molecule has 0 spiro atoms. The third-order valence-corrected chi connectivity index (χ3v) is 3.79. The fraction of sp³-hybridized carbons (Fsp3) is 0.158. The van der Waals surface area contributed by atoms with Gasteiger partial charge in [0, 0.05) is 29.7 Å². The van der Waals surface area contributed by atoms with Gasteiger partial charge in [0.2, 0.25) is 5.95 Å². The Balaban J connectivity index is 1.91. The van der Waals surface area contributed by atoms with Crippen LogP contribution in [-0.4, -0.2) is 38.9 Å². The van der Waals surface area contributed by atoms with Gasteiger partial charge in [-0.25, -0.2) is 4.98 Å². The van der Waals surface area contributed by atoms with E-state index >= 15 is 0 Å². The summed E-state index contributed by atoms with van der Waals surface area (Å²) in [6.45, 7) is 1.22. The molecule has 0 bridgehead atoms. The van der Waals surface area contributed by atoms with Crippen molar-refractivity contribution in [2.75, 3.05) is 17.2 Å². The predicted molar refractivity (Wildman–Crippen MR) is 103 cm³/mol. The van der Waals surface area contributed by atoms with E-state index in [0.29, 0.717) is 22.8 Å². The number of halogens is 3. The molecule has 3 aromatic rings. The minimum absolute atomic E-state index is 0.0730. The first-order chi connectivity index (χ1) is 14.2. The smallest absolute Gasteiger partial charge is 0.480 e. The maximum Gasteiger partial charge on any atom is 0.573 e. The van der Waals surface area contributed by atoms with Crippen LogP contribution in [-0.2, 0) is 4.79 Å². The second kappa shape index (κ2) is 8.64. The SMILES string of the molecule is Cc1cc(OC(F)(F)F)ccc1Nc1cc(-c2ccncc2)nc(NCC(=O)O)n1. The lowest BCUT2D eigenvalue weighted by Crippen LogP contribution is -2.17. The van der Waals surface area contributed by atoms with E-state index < -0.39 is 12.3 Å². The van der Waals surface area contributed by atoms with Gasteiger partial charge in [0.05, 0.1) is 5.69 Å². The van der Waals surface area contributed by atoms with Crippen LogP contribution in [0.25, 0.3) is 11.3 Å². The number of pyridine rings is 1. The Morgan fingerprint density at radius 1 is 1.13 bits per heavy atom. The van der Waals surface area contributed by atoms with Crippen LogP contribution in [0, 0.1) is 6.92 Å². The van der Waals surface area contributed by atoms with E-state index in [-0.39, 0.29) is 18.2 Å². The Morgan fingerprint density at radius 3 is 2.50 bits per heavy atom. The molecule has 0 aliphatic rings. The number of aryl methyl sites for hydroxylation is 1. The summed E-state index contributed by atoms with van der Waals surface area (Å²) in [5.74, 6) is -1.03. The number of hydrogen-bond acceptors (Lipinski definition) is 7. The summed E-state index contributed by atoms with van der Waals surface area (Å²) in [6.07, 6.45) is -1.62. The monoisotopic (exact) mass is 419 g/mol. The highest BCUT2D eigenvalue weighted by molar-refractivity contribution is 5.73. The number of benzene rings is 1. The molecule has 3 N–H and O–H groups in total. The van der Waals surface area contributed by atoms with Crippen molar-refractivity contribution in [1.82, 2.24) is 15.0 Å². The fourth-order valence-electron chi connectivity index (χ4n) is 2.53. The standard InChI is InChI=1S/C19H16F3N5O3/c1-11-8-13(30-19(20,21)22)2-3-14(11)25-16-9-15(12-4-6-23-7-5-12)26-18(27-16)24-10-17(28)29/h2-9H,10H2,1H3,(H,28,29)(H2,24,25,26,27). The molecule has 2 aromatic heterocycles. The number of anilines is 3. The van der Waals surface area contributed by atoms with Crippen LogP contribution < -0.4 is 15.4 Å². The highest BCUT2D eigenvalue weighted by atomic mass is 19.4. The summed E-state index contributed by atoms with van der Waals surface area (Å²) in [5.41, 5.74) is 2.20. The maximum absolute atomic E-state index is 12.4. The van der Waals surface area contributed by atoms with Crippen molar-refractivity contribution in [3.05, 3.63) is 54.4 Å². The molecule has 11 heteroatoms. The van der Waals surface area contributed by atoms with Crippen LogP contribution in [0.5, 0.6) is 5.75 Å². The molecule has 3 rings (SSSR count). The molecule has 0 aliphatic heterocycles. The van der Waals surface area contributed by atoms with Crippen LogP contribution in [0.1, 0.15) is 5.56 Å². The zero-order valence-electron chi connectivity index (χ0n) is 15.6. The first kappa shape index (κ1) is 20.8. The average Bonchev–Trinajstić information content (AvgIpc) is 2.68. The molecule has 0 saturated heterocycles. The molecule has 0 aliphatic carbocycles. The number of ether oxygens (including phenoxy) is 1. The van der Waals surface area contributed by atoms with Gasteiger partial charge < -0.3 is 20.5 Å². The number of hydrogen-bond donors (Lipinski definition) is 3. The second-order valence-electron chi connectivity index (χ2n) is 6.09. The van der Waals surface area contributed by atoms with Gasteiger partial charge in [-0.3, -0.25) is 9.78 Å². The molecule has 0 fully saturated rings. The van der Waals surface area contributed by atoms with Gasteiger partial charge in [-0.1, -0.05) is 0 Å². The number of alkyl halides is 3. The molecule has 30 heavy (non-hydrogen) atoms. The van der Waals surface area contributed by atoms with Crippen LogP contribution >= 0.6 is 0 Å². The maximum atomic E-state index is 12.4. The minimum Gasteiger partial charge on any atom is -0.480 e. The summed E-state index contributed by atoms with van der Waals surface area (Å²) in [6, 6.07) is 8.92. The topological polar surface area (TPSA) is 109 Å². The predicted octanol–water partition coefficient (Wildman–Crippen LogP) is 3.99. The number of nitrogens with one attached hydrogen (secondary N) is 2. The Labute approximate surface area is 168 Å². The molecule has 8 nitrogen and oxygen atoms in total. The van der Waals surface area contributed by atoms with Crippen molar-refractivity contribution in [1.29, 1.82) is 0 Å². The van der Waals surface area contributed by atoms with E-state index in [2.05, 4.69) is 30.3 Å². The lowest BCUT2D eigenvalue weighted by atomic mass is 10.1. The number of carbonyl (C=O) groups is 1. The Bertz CT molecular complexity index is 1050. The first-order valence-electron chi connectivity index (χ1n) is 8.58. The number of carboxylic acids is 1. The molecule has 0 amide bonds. The Morgan fingerprint density at radius 2 is 1.87 bits per heavy atom. The molecule has 156 valence electrons. The van der Waals surface area contributed by atoms with Gasteiger partial charge in [0.15, 0.2) is 0 Å². The largest absolute Gasteiger partial charge is 0.573 e. The van der Waals surface area contributed by atoms with Crippen molar-refractivity contribution in [2.24, 2.45) is 0 Å². The molecule has 2 heterocycles. The minimum atomic E-state index is -4.78. The van der Waals surface area contributed by atoms with Gasteiger partial charge in [-0.05, 0) is 42.8 Å². The average molecular weight is 419 g/mol. The van der Waals surface area contributed by atoms with E-state index in [1.54, 1.807) is 37.5 Å². The van der Waals surface area contributed by atoms with Gasteiger partial charge in [0.25, 0.3) is 0 Å². The van der Waals surface area contributed by atoms with Gasteiger partial charge >= 0.3 is 12.3 Å². The number of aromatic nitrogens is 3. The van der Waals surface area contributed by atoms with Crippen molar-refractivity contribution < 1.29 is 27.8 Å². The van der Waals surface area contributed by atoms with Crippen molar-refractivity contribution >= 4 is 23.4 Å². The van der Waals surface area contributed by atoms with E-state index in [1.807, 2.05) is 0 Å². The summed E-state index contributed by atoms with van der Waals surface area (Å²) < 4.78 is 41.1. The molecule has 0 radical (unpaired) electrons. The first-order valence-corrected chi connectivity index (χ1v) is 8.58. The van der Waals surface area contributed by atoms with E-state index in [0.717, 1.165) is 5.56 Å². The van der Waals surface area contributed by atoms with Crippen molar-refractivity contribution in [3.63, 3.8) is 0 Å². The quantitative estimate of drug-likeness (QED) is 0.528. The lowest BCUT2D eigenvalue weighted by molar-refractivity contribution is -0.274. The number of carboxylic acid groups (broad SMARTS) is 1. The summed E-state index contributed by atoms with van der Waals surface area (Å²) in [7, 11) is 0. The van der Waals surface area contributed by atoms with Crippen LogP contribution in [0.15, 0.2) is 48.8 Å². The normalized spacial score (nSPS) is 11.1. The third-order valence-electron chi connectivity index (χ3n) is 3.79.